The van der Waals surface area contributed by atoms with E-state index in [0.29, 0.717) is 22.8 Å². The van der Waals surface area contributed by atoms with Gasteiger partial charge in [0.05, 0.1) is 16.8 Å². The van der Waals surface area contributed by atoms with Crippen LogP contribution in [0.25, 0.3) is 0 Å². The fraction of sp³-hybridized carbons (Fsp3) is 0.286. The van der Waals surface area contributed by atoms with Crippen LogP contribution in [-0.4, -0.2) is 22.6 Å². The number of nitrogen functional groups attached to an aromatic ring is 1. The minimum Gasteiger partial charge on any atom is -0.399 e. The molecule has 0 fully saturated rings. The second kappa shape index (κ2) is 6.43. The van der Waals surface area contributed by atoms with Gasteiger partial charge in [-0.1, -0.05) is 11.6 Å². The molecule has 1 aromatic carbocycles. The van der Waals surface area contributed by atoms with Crippen molar-refractivity contribution in [1.82, 2.24) is 15.5 Å². The maximum absolute atomic E-state index is 12.0. The summed E-state index contributed by atoms with van der Waals surface area (Å²) in [4.78, 5) is 12.0. The normalized spacial score (nSPS) is 10.5. The molecule has 20 heavy (non-hydrogen) atoms. The van der Waals surface area contributed by atoms with Crippen LogP contribution in [0.5, 0.6) is 0 Å². The number of amides is 1. The first-order valence-electron chi connectivity index (χ1n) is 6.40. The molecule has 0 aliphatic heterocycles. The number of H-pyrrole nitrogens is 1. The first kappa shape index (κ1) is 14.4. The lowest BCUT2D eigenvalue weighted by molar-refractivity contribution is 0.0953. The SMILES string of the molecule is Cc1[nH]ncc1CCCNC(=O)c1ccc(N)cc1Cl. The van der Waals surface area contributed by atoms with Crippen molar-refractivity contribution < 1.29 is 4.79 Å². The number of aryl methyl sites for hydroxylation is 2. The second-order valence-electron chi connectivity index (χ2n) is 4.62. The third-order valence-corrected chi connectivity index (χ3v) is 3.39. The van der Waals surface area contributed by atoms with Gasteiger partial charge >= 0.3 is 0 Å². The highest BCUT2D eigenvalue weighted by Crippen LogP contribution is 2.18. The first-order valence-corrected chi connectivity index (χ1v) is 6.78. The number of nitrogens with one attached hydrogen (secondary N) is 2. The number of carbonyl (C=O) groups excluding carboxylic acids is 1. The van der Waals surface area contributed by atoms with Gasteiger partial charge in [-0.05, 0) is 43.5 Å². The summed E-state index contributed by atoms with van der Waals surface area (Å²) in [5.74, 6) is -0.182. The van der Waals surface area contributed by atoms with E-state index in [1.807, 2.05) is 13.1 Å². The van der Waals surface area contributed by atoms with Gasteiger partial charge in [-0.15, -0.1) is 0 Å². The van der Waals surface area contributed by atoms with Crippen molar-refractivity contribution in [2.45, 2.75) is 19.8 Å². The lowest BCUT2D eigenvalue weighted by Crippen LogP contribution is -2.25. The number of aromatic nitrogens is 2. The maximum atomic E-state index is 12.0. The zero-order valence-corrected chi connectivity index (χ0v) is 12.0. The molecule has 0 bridgehead atoms. The van der Waals surface area contributed by atoms with E-state index >= 15 is 0 Å². The van der Waals surface area contributed by atoms with Gasteiger partial charge < -0.3 is 11.1 Å². The molecule has 1 aromatic heterocycles. The molecule has 4 N–H and O–H groups in total. The Labute approximate surface area is 122 Å². The molecule has 106 valence electrons. The van der Waals surface area contributed by atoms with Crippen molar-refractivity contribution >= 4 is 23.2 Å². The molecule has 0 saturated carbocycles. The fourth-order valence-corrected chi connectivity index (χ4v) is 2.19. The third kappa shape index (κ3) is 3.51. The Morgan fingerprint density at radius 1 is 1.50 bits per heavy atom. The zero-order chi connectivity index (χ0) is 14.5. The van der Waals surface area contributed by atoms with E-state index in [1.165, 1.54) is 5.56 Å². The van der Waals surface area contributed by atoms with E-state index in [9.17, 15) is 4.79 Å². The summed E-state index contributed by atoms with van der Waals surface area (Å²) in [5.41, 5.74) is 8.82. The second-order valence-corrected chi connectivity index (χ2v) is 5.03. The number of carbonyl (C=O) groups is 1. The van der Waals surface area contributed by atoms with Crippen LogP contribution in [0.3, 0.4) is 0 Å². The lowest BCUT2D eigenvalue weighted by atomic mass is 10.1. The van der Waals surface area contributed by atoms with Crippen LogP contribution in [0, 0.1) is 6.92 Å². The fourth-order valence-electron chi connectivity index (χ4n) is 1.92. The minimum atomic E-state index is -0.182. The Balaban J connectivity index is 1.82. The quantitative estimate of drug-likeness (QED) is 0.584. The van der Waals surface area contributed by atoms with Crippen molar-refractivity contribution in [3.8, 4) is 0 Å². The Bertz CT molecular complexity index is 609. The van der Waals surface area contributed by atoms with Crippen LogP contribution in [0.1, 0.15) is 28.0 Å². The van der Waals surface area contributed by atoms with Crippen molar-refractivity contribution in [3.05, 3.63) is 46.2 Å². The topological polar surface area (TPSA) is 83.8 Å². The molecule has 0 unspecified atom stereocenters. The van der Waals surface area contributed by atoms with Gasteiger partial charge in [0.1, 0.15) is 0 Å². The molecular formula is C14H17ClN4O. The van der Waals surface area contributed by atoms with Crippen LogP contribution >= 0.6 is 11.6 Å². The molecule has 0 spiro atoms. The van der Waals surface area contributed by atoms with E-state index < -0.39 is 0 Å². The lowest BCUT2D eigenvalue weighted by Gasteiger charge is -2.07. The van der Waals surface area contributed by atoms with E-state index in [2.05, 4.69) is 15.5 Å². The van der Waals surface area contributed by atoms with E-state index in [4.69, 9.17) is 17.3 Å². The molecule has 1 amide bonds. The molecule has 0 aliphatic rings. The predicted molar refractivity (Wildman–Crippen MR) is 79.8 cm³/mol. The monoisotopic (exact) mass is 292 g/mol. The molecule has 0 aliphatic carbocycles. The maximum Gasteiger partial charge on any atom is 0.252 e. The number of nitrogens with zero attached hydrogens (tertiary/aromatic N) is 1. The molecule has 2 rings (SSSR count). The summed E-state index contributed by atoms with van der Waals surface area (Å²) in [6.07, 6.45) is 3.53. The molecule has 0 atom stereocenters. The zero-order valence-electron chi connectivity index (χ0n) is 11.2. The molecule has 2 aromatic rings. The van der Waals surface area contributed by atoms with E-state index in [0.717, 1.165) is 18.5 Å². The number of hydrogen-bond acceptors (Lipinski definition) is 3. The third-order valence-electron chi connectivity index (χ3n) is 3.08. The van der Waals surface area contributed by atoms with Crippen LogP contribution in [-0.2, 0) is 6.42 Å². The Morgan fingerprint density at radius 2 is 2.30 bits per heavy atom. The first-order chi connectivity index (χ1) is 9.58. The Hall–Kier alpha value is -2.01. The average Bonchev–Trinajstić information content (AvgIpc) is 2.80. The summed E-state index contributed by atoms with van der Waals surface area (Å²) in [5, 5.41) is 10.1. The Morgan fingerprint density at radius 3 is 2.95 bits per heavy atom. The highest BCUT2D eigenvalue weighted by Gasteiger charge is 2.09. The highest BCUT2D eigenvalue weighted by atomic mass is 35.5. The molecule has 1 heterocycles. The molecule has 0 saturated heterocycles. The summed E-state index contributed by atoms with van der Waals surface area (Å²) in [6.45, 7) is 2.57. The number of anilines is 1. The van der Waals surface area contributed by atoms with E-state index in [1.54, 1.807) is 18.2 Å². The van der Waals surface area contributed by atoms with Crippen molar-refractivity contribution in [1.29, 1.82) is 0 Å². The summed E-state index contributed by atoms with van der Waals surface area (Å²) in [6, 6.07) is 4.87. The number of halogens is 1. The van der Waals surface area contributed by atoms with Crippen LogP contribution < -0.4 is 11.1 Å². The van der Waals surface area contributed by atoms with Gasteiger partial charge in [0.15, 0.2) is 0 Å². The van der Waals surface area contributed by atoms with Crippen LogP contribution in [0.15, 0.2) is 24.4 Å². The summed E-state index contributed by atoms with van der Waals surface area (Å²) in [7, 11) is 0. The van der Waals surface area contributed by atoms with Crippen molar-refractivity contribution in [2.24, 2.45) is 0 Å². The number of hydrogen-bond donors (Lipinski definition) is 3. The number of benzene rings is 1. The van der Waals surface area contributed by atoms with E-state index in [-0.39, 0.29) is 5.91 Å². The summed E-state index contributed by atoms with van der Waals surface area (Å²) < 4.78 is 0. The minimum absolute atomic E-state index is 0.182. The van der Waals surface area contributed by atoms with Gasteiger partial charge in [-0.2, -0.15) is 5.10 Å². The van der Waals surface area contributed by atoms with Gasteiger partial charge in [0.2, 0.25) is 0 Å². The van der Waals surface area contributed by atoms with Crippen molar-refractivity contribution in [3.63, 3.8) is 0 Å². The standard InChI is InChI=1S/C14H17ClN4O/c1-9-10(8-18-19-9)3-2-6-17-14(20)12-5-4-11(16)7-13(12)15/h4-5,7-8H,2-3,6,16H2,1H3,(H,17,20)(H,18,19). The Kier molecular flexibility index (Phi) is 4.63. The van der Waals surface area contributed by atoms with Gasteiger partial charge in [0, 0.05) is 17.9 Å². The smallest absolute Gasteiger partial charge is 0.252 e. The van der Waals surface area contributed by atoms with Crippen LogP contribution in [0.2, 0.25) is 5.02 Å². The van der Waals surface area contributed by atoms with Crippen molar-refractivity contribution in [2.75, 3.05) is 12.3 Å². The van der Waals surface area contributed by atoms with Gasteiger partial charge in [-0.25, -0.2) is 0 Å². The highest BCUT2D eigenvalue weighted by molar-refractivity contribution is 6.34. The molecular weight excluding hydrogens is 276 g/mol. The number of nitrogens with two attached hydrogens (primary N) is 1. The average molecular weight is 293 g/mol. The molecule has 6 heteroatoms. The summed E-state index contributed by atoms with van der Waals surface area (Å²) >= 11 is 5.99. The molecule has 0 radical (unpaired) electrons. The van der Waals surface area contributed by atoms with Gasteiger partial charge in [0.25, 0.3) is 5.91 Å². The van der Waals surface area contributed by atoms with Gasteiger partial charge in [-0.3, -0.25) is 9.89 Å². The number of aromatic amines is 1. The predicted octanol–water partition coefficient (Wildman–Crippen LogP) is 2.32. The van der Waals surface area contributed by atoms with Crippen LogP contribution in [0.4, 0.5) is 5.69 Å². The largest absolute Gasteiger partial charge is 0.399 e. The number of rotatable bonds is 5. The molecule has 5 nitrogen and oxygen atoms in total.